The van der Waals surface area contributed by atoms with Crippen LogP contribution in [0.4, 0.5) is 10.3 Å². The number of nitrogens with one attached hydrogen (secondary N) is 1. The maximum atomic E-state index is 16.2. The van der Waals surface area contributed by atoms with Gasteiger partial charge in [0, 0.05) is 5.38 Å². The molecule has 214 valence electrons. The zero-order valence-electron chi connectivity index (χ0n) is 21.6. The molecule has 13 nitrogen and oxygen atoms in total. The number of hydrogen-bond acceptors (Lipinski definition) is 11. The minimum Gasteiger partial charge on any atom is -0.462 e. The maximum Gasteiger partial charge on any atom is 0.459 e. The Balaban J connectivity index is 1.59. The molecule has 40 heavy (non-hydrogen) atoms. The second-order valence-corrected chi connectivity index (χ2v) is 11.0. The van der Waals surface area contributed by atoms with Crippen molar-refractivity contribution in [3.8, 4) is 17.0 Å². The molecule has 2 aromatic heterocycles. The normalized spacial score (nSPS) is 24.7. The number of ether oxygens (including phenoxy) is 2. The summed E-state index contributed by atoms with van der Waals surface area (Å²) in [4.78, 5) is 24.4. The molecule has 1 saturated heterocycles. The molecule has 3 aromatic rings. The van der Waals surface area contributed by atoms with Crippen LogP contribution in [-0.2, 0) is 23.4 Å². The van der Waals surface area contributed by atoms with E-state index < -0.39 is 56.6 Å². The fraction of sp³-hybridized carbons (Fsp3) is 0.417. The van der Waals surface area contributed by atoms with Crippen molar-refractivity contribution in [3.05, 3.63) is 42.9 Å². The Morgan fingerprint density at radius 3 is 2.75 bits per heavy atom. The van der Waals surface area contributed by atoms with E-state index in [4.69, 9.17) is 35.9 Å². The molecule has 4 rings (SSSR count). The van der Waals surface area contributed by atoms with Gasteiger partial charge in [0.15, 0.2) is 11.9 Å². The van der Waals surface area contributed by atoms with Gasteiger partial charge < -0.3 is 24.8 Å². The van der Waals surface area contributed by atoms with Crippen LogP contribution in [-0.4, -0.2) is 67.2 Å². The van der Waals surface area contributed by atoms with E-state index in [9.17, 15) is 14.5 Å². The fourth-order valence-electron chi connectivity index (χ4n) is 3.88. The van der Waals surface area contributed by atoms with Crippen LogP contribution in [0.25, 0.3) is 11.2 Å². The van der Waals surface area contributed by atoms with Gasteiger partial charge in [-0.2, -0.15) is 10.1 Å². The number of aliphatic hydroxyl groups is 1. The molecule has 0 amide bonds. The fourth-order valence-corrected chi connectivity index (χ4v) is 5.53. The molecule has 0 radical (unpaired) electrons. The average molecular weight is 597 g/mol. The standard InChI is InChI=1S/C24H27ClFN6O7P/c1-14(2)37-21(34)15(3)31-40(35,39-16-7-5-4-6-8-16)36-12-18-19(33)24(26,9-10-25)22(38-18)32-13-29-17-11-28-23(27)30-20(17)32/h4-8,11,13-15,18-19,22,33H,12H2,1-3H3,(H,31,35)(H2,27,28,30)/t15-,18+,19-,22+,24+,40?/m0/s1. The van der Waals surface area contributed by atoms with E-state index in [1.807, 2.05) is 5.38 Å². The number of esters is 1. The lowest BCUT2D eigenvalue weighted by Crippen LogP contribution is -2.42. The highest BCUT2D eigenvalue weighted by molar-refractivity contribution is 7.52. The molecule has 0 bridgehead atoms. The first kappa shape index (κ1) is 29.7. The number of nitrogen functional groups attached to an aromatic ring is 1. The van der Waals surface area contributed by atoms with Crippen molar-refractivity contribution in [3.63, 3.8) is 0 Å². The number of carbonyl (C=O) groups is 1. The maximum absolute atomic E-state index is 16.2. The number of imidazole rings is 1. The Morgan fingerprint density at radius 1 is 1.35 bits per heavy atom. The number of carbonyl (C=O) groups excluding carboxylic acids is 1. The number of aliphatic hydroxyl groups excluding tert-OH is 1. The lowest BCUT2D eigenvalue weighted by atomic mass is 9.97. The van der Waals surface area contributed by atoms with Crippen LogP contribution in [0.3, 0.4) is 0 Å². The third-order valence-corrected chi connectivity index (χ3v) is 7.44. The van der Waals surface area contributed by atoms with Crippen LogP contribution in [0.15, 0.2) is 42.9 Å². The third kappa shape index (κ3) is 6.36. The monoisotopic (exact) mass is 596 g/mol. The zero-order chi connectivity index (χ0) is 29.1. The molecule has 0 saturated carbocycles. The summed E-state index contributed by atoms with van der Waals surface area (Å²) < 4.78 is 53.3. The molecule has 1 aliphatic heterocycles. The van der Waals surface area contributed by atoms with Gasteiger partial charge in [-0.05, 0) is 50.4 Å². The molecular weight excluding hydrogens is 570 g/mol. The van der Waals surface area contributed by atoms with Gasteiger partial charge in [0.05, 0.1) is 25.2 Å². The molecule has 16 heteroatoms. The quantitative estimate of drug-likeness (QED) is 0.178. The number of hydrogen-bond donors (Lipinski definition) is 3. The van der Waals surface area contributed by atoms with E-state index in [2.05, 4.69) is 26.0 Å². The number of alkyl halides is 1. The van der Waals surface area contributed by atoms with Crippen LogP contribution < -0.4 is 15.3 Å². The Hall–Kier alpha value is -3.31. The van der Waals surface area contributed by atoms with E-state index in [0.717, 1.165) is 0 Å². The Kier molecular flexibility index (Phi) is 8.94. The summed E-state index contributed by atoms with van der Waals surface area (Å²) in [6.45, 7) is 4.08. The summed E-state index contributed by atoms with van der Waals surface area (Å²) in [5.74, 6) is 1.49. The summed E-state index contributed by atoms with van der Waals surface area (Å²) in [7, 11) is -4.34. The predicted molar refractivity (Wildman–Crippen MR) is 142 cm³/mol. The zero-order valence-corrected chi connectivity index (χ0v) is 23.3. The summed E-state index contributed by atoms with van der Waals surface area (Å²) >= 11 is 5.53. The number of rotatable bonds is 10. The van der Waals surface area contributed by atoms with Crippen molar-refractivity contribution in [2.75, 3.05) is 12.3 Å². The van der Waals surface area contributed by atoms with Crippen LogP contribution in [0.5, 0.6) is 5.75 Å². The van der Waals surface area contributed by atoms with Crippen LogP contribution in [0.1, 0.15) is 27.0 Å². The van der Waals surface area contributed by atoms with Gasteiger partial charge in [-0.3, -0.25) is 13.9 Å². The topological polar surface area (TPSA) is 173 Å². The molecule has 1 fully saturated rings. The second-order valence-electron chi connectivity index (χ2n) is 9.08. The minimum atomic E-state index is -4.34. The van der Waals surface area contributed by atoms with Gasteiger partial charge >= 0.3 is 13.7 Å². The van der Waals surface area contributed by atoms with Gasteiger partial charge in [0.25, 0.3) is 0 Å². The molecule has 1 aliphatic rings. The lowest BCUT2D eigenvalue weighted by molar-refractivity contribution is -0.149. The van der Waals surface area contributed by atoms with E-state index in [1.54, 1.807) is 32.0 Å². The second kappa shape index (κ2) is 12.1. The largest absolute Gasteiger partial charge is 0.462 e. The van der Waals surface area contributed by atoms with Crippen molar-refractivity contribution in [1.29, 1.82) is 0 Å². The highest BCUT2D eigenvalue weighted by Gasteiger charge is 2.58. The molecule has 3 heterocycles. The van der Waals surface area contributed by atoms with Crippen LogP contribution in [0, 0.1) is 11.3 Å². The highest BCUT2D eigenvalue weighted by atomic mass is 35.5. The molecule has 0 spiro atoms. The van der Waals surface area contributed by atoms with Crippen LogP contribution >= 0.6 is 19.3 Å². The smallest absolute Gasteiger partial charge is 0.459 e. The Labute approximate surface area is 233 Å². The number of nitrogens with two attached hydrogens (primary N) is 1. The van der Waals surface area contributed by atoms with Gasteiger partial charge in [-0.1, -0.05) is 18.2 Å². The number of anilines is 1. The number of aromatic nitrogens is 4. The van der Waals surface area contributed by atoms with E-state index in [-0.39, 0.29) is 22.9 Å². The summed E-state index contributed by atoms with van der Waals surface area (Å²) in [5.41, 5.74) is 3.30. The first-order valence-corrected chi connectivity index (χ1v) is 14.0. The first-order chi connectivity index (χ1) is 19.0. The molecular formula is C24H27ClFN6O7P. The number of benzene rings is 1. The first-order valence-electron chi connectivity index (χ1n) is 12.0. The van der Waals surface area contributed by atoms with Crippen LogP contribution in [0.2, 0.25) is 0 Å². The number of halogens is 2. The molecule has 0 aliphatic carbocycles. The summed E-state index contributed by atoms with van der Waals surface area (Å²) in [6.07, 6.45) is -2.85. The highest BCUT2D eigenvalue weighted by Crippen LogP contribution is 2.48. The van der Waals surface area contributed by atoms with E-state index in [1.165, 1.54) is 36.1 Å². The summed E-state index contributed by atoms with van der Waals surface area (Å²) in [5, 5.41) is 15.4. The minimum absolute atomic E-state index is 0.101. The Bertz CT molecular complexity index is 1470. The van der Waals surface area contributed by atoms with Crippen molar-refractivity contribution >= 4 is 42.4 Å². The van der Waals surface area contributed by atoms with Gasteiger partial charge in [0.2, 0.25) is 11.6 Å². The van der Waals surface area contributed by atoms with E-state index in [0.29, 0.717) is 0 Å². The van der Waals surface area contributed by atoms with Crippen molar-refractivity contribution in [2.24, 2.45) is 0 Å². The SMILES string of the molecule is CC(C)OC(=O)[C@H](C)NP(=O)(OC[C@H]1O[C@@H](n2cnc3cnc(N)nc32)[C@@](F)(C#CCl)[C@H]1O)Oc1ccccc1. The molecule has 4 N–H and O–H groups in total. The number of fused-ring (bicyclic) bond motifs is 1. The van der Waals surface area contributed by atoms with Gasteiger partial charge in [0.1, 0.15) is 29.5 Å². The number of nitrogens with zero attached hydrogens (tertiary/aromatic N) is 4. The molecule has 1 aromatic carbocycles. The predicted octanol–water partition coefficient (Wildman–Crippen LogP) is 2.71. The van der Waals surface area contributed by atoms with Crippen molar-refractivity contribution in [2.45, 2.75) is 57.0 Å². The van der Waals surface area contributed by atoms with Gasteiger partial charge in [-0.25, -0.2) is 18.9 Å². The molecule has 6 atom stereocenters. The third-order valence-electron chi connectivity index (χ3n) is 5.71. The Morgan fingerprint density at radius 2 is 2.08 bits per heavy atom. The van der Waals surface area contributed by atoms with Crippen molar-refractivity contribution in [1.82, 2.24) is 24.6 Å². The average Bonchev–Trinajstić information content (AvgIpc) is 3.41. The lowest BCUT2D eigenvalue weighted by Gasteiger charge is -2.25. The van der Waals surface area contributed by atoms with Crippen molar-refractivity contribution < 1.29 is 37.4 Å². The molecule has 1 unspecified atom stereocenters. The van der Waals surface area contributed by atoms with Gasteiger partial charge in [-0.15, -0.1) is 0 Å². The summed E-state index contributed by atoms with van der Waals surface area (Å²) in [6, 6.07) is 6.91. The van der Waals surface area contributed by atoms with E-state index >= 15 is 4.39 Å². The number of para-hydroxylation sites is 1.